The molecule has 0 aliphatic rings. The zero-order valence-corrected chi connectivity index (χ0v) is 19.2. The van der Waals surface area contributed by atoms with Crippen molar-refractivity contribution < 1.29 is 40.1 Å². The van der Waals surface area contributed by atoms with Gasteiger partial charge in [-0.2, -0.15) is 8.42 Å². The van der Waals surface area contributed by atoms with Crippen molar-refractivity contribution in [1.29, 1.82) is 5.41 Å². The Morgan fingerprint density at radius 1 is 0.944 bits per heavy atom. The van der Waals surface area contributed by atoms with Gasteiger partial charge in [-0.25, -0.2) is 4.79 Å². The zero-order valence-electron chi connectivity index (χ0n) is 18.4. The van der Waals surface area contributed by atoms with Crippen molar-refractivity contribution in [3.05, 3.63) is 83.4 Å². The molecule has 0 aromatic heterocycles. The maximum atomic E-state index is 13.1. The van der Waals surface area contributed by atoms with Crippen molar-refractivity contribution in [2.24, 2.45) is 5.73 Å². The molecule has 3 rings (SSSR count). The Labute approximate surface area is 203 Å². The number of amidine groups is 1. The van der Waals surface area contributed by atoms with E-state index in [9.17, 15) is 31.2 Å². The van der Waals surface area contributed by atoms with E-state index < -0.39 is 34.1 Å². The molecule has 0 heterocycles. The van der Waals surface area contributed by atoms with Crippen LogP contribution in [-0.2, 0) is 14.3 Å². The molecule has 0 aliphatic heterocycles. The lowest BCUT2D eigenvalue weighted by atomic mass is 9.94. The number of carbonyl (C=O) groups excluding carboxylic acids is 2. The van der Waals surface area contributed by atoms with E-state index in [2.05, 4.69) is 14.2 Å². The number of hydrogen-bond acceptors (Lipinski definition) is 7. The standard InChI is InChI=1S/C23H18F3N3O6S/c1-36(32,33)35-22(31)18-5-3-2-4-16(18)17-11-10-15(34-23(24,25)26)12-19(17)21(30)29-14-8-6-13(7-9-14)20(27)28/h2-12H,1H3,(H3,27,28)(H,29,30). The number of nitrogen functional groups attached to an aromatic ring is 1. The SMILES string of the molecule is CS(=O)(=O)OC(=O)c1ccccc1-c1ccc(OC(F)(F)F)cc1C(=O)Nc1ccc(C(=N)N)cc1. The van der Waals surface area contributed by atoms with Gasteiger partial charge in [0.05, 0.1) is 17.4 Å². The lowest BCUT2D eigenvalue weighted by Gasteiger charge is -2.16. The second-order valence-electron chi connectivity index (χ2n) is 7.32. The highest BCUT2D eigenvalue weighted by molar-refractivity contribution is 7.86. The molecule has 0 bridgehead atoms. The van der Waals surface area contributed by atoms with Gasteiger partial charge in [0.2, 0.25) is 0 Å². The van der Waals surface area contributed by atoms with Gasteiger partial charge in [-0.05, 0) is 59.7 Å². The van der Waals surface area contributed by atoms with Gasteiger partial charge < -0.3 is 20.0 Å². The van der Waals surface area contributed by atoms with Gasteiger partial charge >= 0.3 is 22.4 Å². The highest BCUT2D eigenvalue weighted by Crippen LogP contribution is 2.33. The molecule has 9 nitrogen and oxygen atoms in total. The van der Waals surface area contributed by atoms with Crippen LogP contribution in [0.2, 0.25) is 0 Å². The van der Waals surface area contributed by atoms with Crippen molar-refractivity contribution in [1.82, 2.24) is 0 Å². The van der Waals surface area contributed by atoms with E-state index in [1.807, 2.05) is 0 Å². The topological polar surface area (TPSA) is 149 Å². The molecule has 4 N–H and O–H groups in total. The Balaban J connectivity index is 2.09. The molecule has 0 saturated heterocycles. The van der Waals surface area contributed by atoms with E-state index >= 15 is 0 Å². The Morgan fingerprint density at radius 3 is 2.14 bits per heavy atom. The number of alkyl halides is 3. The van der Waals surface area contributed by atoms with Crippen LogP contribution in [0, 0.1) is 5.41 Å². The van der Waals surface area contributed by atoms with Gasteiger partial charge in [-0.15, -0.1) is 13.2 Å². The van der Waals surface area contributed by atoms with E-state index in [1.165, 1.54) is 48.5 Å². The second-order valence-corrected chi connectivity index (χ2v) is 8.90. The normalized spacial score (nSPS) is 11.4. The number of anilines is 1. The zero-order chi connectivity index (χ0) is 26.7. The number of carbonyl (C=O) groups is 2. The summed E-state index contributed by atoms with van der Waals surface area (Å²) in [5.41, 5.74) is 5.50. The molecule has 36 heavy (non-hydrogen) atoms. The minimum atomic E-state index is -5.03. The van der Waals surface area contributed by atoms with Gasteiger partial charge in [-0.1, -0.05) is 18.2 Å². The first-order valence-electron chi connectivity index (χ1n) is 9.92. The molecule has 0 unspecified atom stereocenters. The van der Waals surface area contributed by atoms with E-state index in [-0.39, 0.29) is 33.8 Å². The molecular formula is C23H18F3N3O6S. The van der Waals surface area contributed by atoms with E-state index in [0.717, 1.165) is 18.2 Å². The lowest BCUT2D eigenvalue weighted by Crippen LogP contribution is -2.19. The summed E-state index contributed by atoms with van der Waals surface area (Å²) < 4.78 is 69.7. The third kappa shape index (κ3) is 6.82. The fraction of sp³-hybridized carbons (Fsp3) is 0.0870. The summed E-state index contributed by atoms with van der Waals surface area (Å²) in [6.45, 7) is 0. The predicted octanol–water partition coefficient (Wildman–Crippen LogP) is 3.90. The third-order valence-electron chi connectivity index (χ3n) is 4.59. The summed E-state index contributed by atoms with van der Waals surface area (Å²) in [4.78, 5) is 25.6. The van der Waals surface area contributed by atoms with Crippen LogP contribution in [0.1, 0.15) is 26.3 Å². The first-order valence-corrected chi connectivity index (χ1v) is 11.7. The number of halogens is 3. The summed E-state index contributed by atoms with van der Waals surface area (Å²) in [6.07, 6.45) is -4.36. The molecule has 0 aliphatic carbocycles. The molecule has 3 aromatic rings. The van der Waals surface area contributed by atoms with Crippen molar-refractivity contribution in [3.63, 3.8) is 0 Å². The van der Waals surface area contributed by atoms with Crippen LogP contribution < -0.4 is 15.8 Å². The van der Waals surface area contributed by atoms with E-state index in [4.69, 9.17) is 11.1 Å². The van der Waals surface area contributed by atoms with Crippen LogP contribution in [-0.4, -0.2) is 38.7 Å². The number of amides is 1. The molecule has 3 aromatic carbocycles. The van der Waals surface area contributed by atoms with E-state index in [1.54, 1.807) is 0 Å². The fourth-order valence-electron chi connectivity index (χ4n) is 3.15. The van der Waals surface area contributed by atoms with Gasteiger partial charge in [0.15, 0.2) is 0 Å². The van der Waals surface area contributed by atoms with Crippen molar-refractivity contribution in [2.75, 3.05) is 11.6 Å². The molecule has 0 saturated carbocycles. The van der Waals surface area contributed by atoms with Gasteiger partial charge in [0.25, 0.3) is 5.91 Å². The number of nitrogens with two attached hydrogens (primary N) is 1. The Hall–Kier alpha value is -4.39. The summed E-state index contributed by atoms with van der Waals surface area (Å²) in [5.74, 6) is -3.00. The lowest BCUT2D eigenvalue weighted by molar-refractivity contribution is -0.274. The molecule has 0 fully saturated rings. The monoisotopic (exact) mass is 521 g/mol. The highest BCUT2D eigenvalue weighted by Gasteiger charge is 2.32. The number of benzene rings is 3. The molecular weight excluding hydrogens is 503 g/mol. The maximum absolute atomic E-state index is 13.1. The predicted molar refractivity (Wildman–Crippen MR) is 124 cm³/mol. The van der Waals surface area contributed by atoms with E-state index in [0.29, 0.717) is 11.8 Å². The van der Waals surface area contributed by atoms with Gasteiger partial charge in [0.1, 0.15) is 11.6 Å². The average molecular weight is 521 g/mol. The minimum absolute atomic E-state index is 0.00318. The molecule has 1 amide bonds. The summed E-state index contributed by atoms with van der Waals surface area (Å²) in [5, 5.41) is 9.93. The molecule has 0 spiro atoms. The van der Waals surface area contributed by atoms with Crippen LogP contribution in [0.3, 0.4) is 0 Å². The van der Waals surface area contributed by atoms with Crippen LogP contribution in [0.25, 0.3) is 11.1 Å². The van der Waals surface area contributed by atoms with Gasteiger partial charge in [-0.3, -0.25) is 10.2 Å². The third-order valence-corrected chi connectivity index (χ3v) is 5.04. The number of nitrogens with one attached hydrogen (secondary N) is 2. The molecule has 188 valence electrons. The van der Waals surface area contributed by atoms with Crippen LogP contribution in [0.15, 0.2) is 66.7 Å². The first-order chi connectivity index (χ1) is 16.7. The van der Waals surface area contributed by atoms with Crippen LogP contribution in [0.4, 0.5) is 18.9 Å². The van der Waals surface area contributed by atoms with Crippen LogP contribution in [0.5, 0.6) is 5.75 Å². The van der Waals surface area contributed by atoms with Crippen molar-refractivity contribution >= 4 is 33.5 Å². The summed E-state index contributed by atoms with van der Waals surface area (Å²) in [6, 6.07) is 14.2. The average Bonchev–Trinajstić information content (AvgIpc) is 2.77. The Bertz CT molecular complexity index is 1440. The number of ether oxygens (including phenoxy) is 1. The highest BCUT2D eigenvalue weighted by atomic mass is 32.2. The van der Waals surface area contributed by atoms with Crippen molar-refractivity contribution in [2.45, 2.75) is 6.36 Å². The number of hydrogen-bond donors (Lipinski definition) is 3. The summed E-state index contributed by atoms with van der Waals surface area (Å²) >= 11 is 0. The Morgan fingerprint density at radius 2 is 1.56 bits per heavy atom. The van der Waals surface area contributed by atoms with Crippen molar-refractivity contribution in [3.8, 4) is 16.9 Å². The van der Waals surface area contributed by atoms with Gasteiger partial charge in [0, 0.05) is 11.3 Å². The smallest absolute Gasteiger partial charge is 0.406 e. The Kier molecular flexibility index (Phi) is 7.34. The minimum Gasteiger partial charge on any atom is -0.406 e. The first kappa shape index (κ1) is 26.2. The molecule has 0 atom stereocenters. The van der Waals surface area contributed by atoms with Crippen LogP contribution >= 0.6 is 0 Å². The fourth-order valence-corrected chi connectivity index (χ4v) is 3.52. The molecule has 13 heteroatoms. The second kappa shape index (κ2) is 10.1. The number of rotatable bonds is 7. The quantitative estimate of drug-likeness (QED) is 0.243. The maximum Gasteiger partial charge on any atom is 0.573 e. The summed E-state index contributed by atoms with van der Waals surface area (Å²) in [7, 11) is -4.17. The largest absolute Gasteiger partial charge is 0.573 e. The molecule has 0 radical (unpaired) electrons.